The standard InChI is InChI=1S/C12H18N4S/c1-4-16-12(8-13-15-16)14-9(2)7-11-6-5-10(3)17-11/h5-6,8-9,14H,4,7H2,1-3H3. The highest BCUT2D eigenvalue weighted by molar-refractivity contribution is 7.11. The molecule has 2 aromatic heterocycles. The fourth-order valence-electron chi connectivity index (χ4n) is 1.80. The Kier molecular flexibility index (Phi) is 3.78. The van der Waals surface area contributed by atoms with Crippen LogP contribution in [0.1, 0.15) is 23.6 Å². The lowest BCUT2D eigenvalue weighted by Gasteiger charge is -2.14. The van der Waals surface area contributed by atoms with Gasteiger partial charge in [0.05, 0.1) is 6.20 Å². The smallest absolute Gasteiger partial charge is 0.145 e. The number of nitrogens with one attached hydrogen (secondary N) is 1. The van der Waals surface area contributed by atoms with Crippen LogP contribution in [0.3, 0.4) is 0 Å². The molecule has 17 heavy (non-hydrogen) atoms. The van der Waals surface area contributed by atoms with Crippen LogP contribution in [0.15, 0.2) is 18.3 Å². The van der Waals surface area contributed by atoms with Crippen LogP contribution in [0.25, 0.3) is 0 Å². The minimum atomic E-state index is 0.386. The molecule has 0 saturated carbocycles. The molecule has 0 aromatic carbocycles. The van der Waals surface area contributed by atoms with Crippen molar-refractivity contribution in [3.05, 3.63) is 28.1 Å². The molecule has 2 aromatic rings. The van der Waals surface area contributed by atoms with Crippen molar-refractivity contribution >= 4 is 17.2 Å². The zero-order valence-electron chi connectivity index (χ0n) is 10.5. The van der Waals surface area contributed by atoms with Gasteiger partial charge in [-0.15, -0.1) is 16.4 Å². The molecule has 2 rings (SSSR count). The summed E-state index contributed by atoms with van der Waals surface area (Å²) in [5.41, 5.74) is 0. The van der Waals surface area contributed by atoms with E-state index in [2.05, 4.69) is 48.5 Å². The Labute approximate surface area is 106 Å². The summed E-state index contributed by atoms with van der Waals surface area (Å²) in [6.45, 7) is 7.23. The molecule has 92 valence electrons. The maximum atomic E-state index is 4.01. The van der Waals surface area contributed by atoms with E-state index in [0.717, 1.165) is 18.8 Å². The van der Waals surface area contributed by atoms with E-state index in [1.54, 1.807) is 6.20 Å². The number of rotatable bonds is 5. The first-order valence-electron chi connectivity index (χ1n) is 5.89. The molecule has 0 aliphatic carbocycles. The summed E-state index contributed by atoms with van der Waals surface area (Å²) < 4.78 is 1.87. The predicted octanol–water partition coefficient (Wildman–Crippen LogP) is 2.71. The normalized spacial score (nSPS) is 12.6. The lowest BCUT2D eigenvalue weighted by atomic mass is 10.2. The molecular weight excluding hydrogens is 232 g/mol. The van der Waals surface area contributed by atoms with Gasteiger partial charge < -0.3 is 5.32 Å². The van der Waals surface area contributed by atoms with Crippen molar-refractivity contribution < 1.29 is 0 Å². The molecule has 0 spiro atoms. The van der Waals surface area contributed by atoms with E-state index in [4.69, 9.17) is 0 Å². The highest BCUT2D eigenvalue weighted by Gasteiger charge is 2.08. The molecule has 0 bridgehead atoms. The number of aromatic nitrogens is 3. The third kappa shape index (κ3) is 3.06. The lowest BCUT2D eigenvalue weighted by molar-refractivity contribution is 0.624. The second-order valence-electron chi connectivity index (χ2n) is 4.20. The summed E-state index contributed by atoms with van der Waals surface area (Å²) in [5, 5.41) is 11.4. The third-order valence-electron chi connectivity index (χ3n) is 2.61. The van der Waals surface area contributed by atoms with Crippen LogP contribution in [-0.2, 0) is 13.0 Å². The summed E-state index contributed by atoms with van der Waals surface area (Å²) in [7, 11) is 0. The zero-order valence-corrected chi connectivity index (χ0v) is 11.3. The van der Waals surface area contributed by atoms with Crippen LogP contribution < -0.4 is 5.32 Å². The van der Waals surface area contributed by atoms with Crippen molar-refractivity contribution in [2.75, 3.05) is 5.32 Å². The third-order valence-corrected chi connectivity index (χ3v) is 3.64. The number of thiophene rings is 1. The van der Waals surface area contributed by atoms with Crippen LogP contribution in [0.2, 0.25) is 0 Å². The Balaban J connectivity index is 1.95. The Hall–Kier alpha value is -1.36. The van der Waals surface area contributed by atoms with Gasteiger partial charge in [0.2, 0.25) is 0 Å². The van der Waals surface area contributed by atoms with E-state index < -0.39 is 0 Å². The van der Waals surface area contributed by atoms with Gasteiger partial charge in [-0.1, -0.05) is 5.21 Å². The second kappa shape index (κ2) is 5.31. The van der Waals surface area contributed by atoms with Gasteiger partial charge in [0.25, 0.3) is 0 Å². The minimum Gasteiger partial charge on any atom is -0.366 e. The van der Waals surface area contributed by atoms with E-state index in [0.29, 0.717) is 6.04 Å². The molecule has 2 heterocycles. The number of anilines is 1. The number of hydrogen-bond donors (Lipinski definition) is 1. The fraction of sp³-hybridized carbons (Fsp3) is 0.500. The van der Waals surface area contributed by atoms with Crippen LogP contribution in [0, 0.1) is 6.92 Å². The molecule has 1 atom stereocenters. The van der Waals surface area contributed by atoms with Crippen molar-refractivity contribution in [3.63, 3.8) is 0 Å². The SMILES string of the molecule is CCn1nncc1NC(C)Cc1ccc(C)s1. The number of aryl methyl sites for hydroxylation is 2. The Morgan fingerprint density at radius 3 is 2.94 bits per heavy atom. The summed E-state index contributed by atoms with van der Waals surface area (Å²) in [6.07, 6.45) is 2.81. The van der Waals surface area contributed by atoms with Crippen molar-refractivity contribution in [1.29, 1.82) is 0 Å². The first-order chi connectivity index (χ1) is 8.19. The van der Waals surface area contributed by atoms with Gasteiger partial charge in [0, 0.05) is 28.8 Å². The first kappa shape index (κ1) is 12.1. The monoisotopic (exact) mass is 250 g/mol. The quantitative estimate of drug-likeness (QED) is 0.887. The van der Waals surface area contributed by atoms with Crippen LogP contribution in [0.4, 0.5) is 5.82 Å². The van der Waals surface area contributed by atoms with Crippen molar-refractivity contribution in [1.82, 2.24) is 15.0 Å². The summed E-state index contributed by atoms with van der Waals surface area (Å²) in [4.78, 5) is 2.78. The van der Waals surface area contributed by atoms with Crippen LogP contribution >= 0.6 is 11.3 Å². The van der Waals surface area contributed by atoms with Crippen LogP contribution in [-0.4, -0.2) is 21.0 Å². The zero-order chi connectivity index (χ0) is 12.3. The molecule has 1 N–H and O–H groups in total. The number of nitrogens with zero attached hydrogens (tertiary/aromatic N) is 3. The van der Waals surface area contributed by atoms with Gasteiger partial charge in [-0.05, 0) is 32.9 Å². The first-order valence-corrected chi connectivity index (χ1v) is 6.71. The highest BCUT2D eigenvalue weighted by atomic mass is 32.1. The molecule has 0 amide bonds. The average molecular weight is 250 g/mol. The van der Waals surface area contributed by atoms with E-state index in [1.165, 1.54) is 9.75 Å². The average Bonchev–Trinajstić information content (AvgIpc) is 2.87. The topological polar surface area (TPSA) is 42.7 Å². The molecular formula is C12H18N4S. The van der Waals surface area contributed by atoms with E-state index in [1.807, 2.05) is 16.0 Å². The lowest BCUT2D eigenvalue weighted by Crippen LogP contribution is -2.20. The minimum absolute atomic E-state index is 0.386. The molecule has 5 heteroatoms. The Morgan fingerprint density at radius 1 is 1.47 bits per heavy atom. The molecule has 0 radical (unpaired) electrons. The van der Waals surface area contributed by atoms with Gasteiger partial charge >= 0.3 is 0 Å². The van der Waals surface area contributed by atoms with E-state index in [9.17, 15) is 0 Å². The largest absolute Gasteiger partial charge is 0.366 e. The summed E-state index contributed by atoms with van der Waals surface area (Å²) in [6, 6.07) is 4.76. The molecule has 1 unspecified atom stereocenters. The van der Waals surface area contributed by atoms with Gasteiger partial charge in [0.1, 0.15) is 5.82 Å². The van der Waals surface area contributed by atoms with E-state index >= 15 is 0 Å². The molecule has 0 fully saturated rings. The van der Waals surface area contributed by atoms with Crippen molar-refractivity contribution in [3.8, 4) is 0 Å². The van der Waals surface area contributed by atoms with Crippen molar-refractivity contribution in [2.24, 2.45) is 0 Å². The van der Waals surface area contributed by atoms with Crippen molar-refractivity contribution in [2.45, 2.75) is 39.8 Å². The van der Waals surface area contributed by atoms with Gasteiger partial charge in [-0.3, -0.25) is 0 Å². The molecule has 0 aliphatic rings. The van der Waals surface area contributed by atoms with Gasteiger partial charge in [0.15, 0.2) is 0 Å². The van der Waals surface area contributed by atoms with Gasteiger partial charge in [-0.25, -0.2) is 4.68 Å². The number of hydrogen-bond acceptors (Lipinski definition) is 4. The maximum Gasteiger partial charge on any atom is 0.145 e. The Bertz CT molecular complexity index is 474. The van der Waals surface area contributed by atoms with E-state index in [-0.39, 0.29) is 0 Å². The molecule has 0 saturated heterocycles. The Morgan fingerprint density at radius 2 is 2.29 bits per heavy atom. The predicted molar refractivity (Wildman–Crippen MR) is 71.5 cm³/mol. The fourth-order valence-corrected chi connectivity index (χ4v) is 2.82. The van der Waals surface area contributed by atoms with Crippen LogP contribution in [0.5, 0.6) is 0 Å². The second-order valence-corrected chi connectivity index (χ2v) is 5.57. The maximum absolute atomic E-state index is 4.01. The molecule has 4 nitrogen and oxygen atoms in total. The summed E-state index contributed by atoms with van der Waals surface area (Å²) in [5.74, 6) is 0.994. The highest BCUT2D eigenvalue weighted by Crippen LogP contribution is 2.18. The van der Waals surface area contributed by atoms with Gasteiger partial charge in [-0.2, -0.15) is 0 Å². The summed E-state index contributed by atoms with van der Waals surface area (Å²) >= 11 is 1.86. The molecule has 0 aliphatic heterocycles.